The number of hydrogen-bond donors (Lipinski definition) is 1. The lowest BCUT2D eigenvalue weighted by atomic mass is 9.90. The summed E-state index contributed by atoms with van der Waals surface area (Å²) in [5.41, 5.74) is 1.27. The van der Waals surface area contributed by atoms with Crippen molar-refractivity contribution in [1.29, 1.82) is 0 Å². The molecule has 2 atom stereocenters. The van der Waals surface area contributed by atoms with Crippen LogP contribution in [0.15, 0.2) is 30.3 Å². The molecule has 1 saturated heterocycles. The summed E-state index contributed by atoms with van der Waals surface area (Å²) in [6.07, 6.45) is 7.12. The molecular formula is C21H30N2O3. The summed E-state index contributed by atoms with van der Waals surface area (Å²) in [4.78, 5) is 26.3. The van der Waals surface area contributed by atoms with E-state index in [1.165, 1.54) is 38.4 Å². The van der Waals surface area contributed by atoms with Crippen molar-refractivity contribution in [2.45, 2.75) is 51.0 Å². The minimum Gasteiger partial charge on any atom is -0.453 e. The third kappa shape index (κ3) is 4.77. The molecule has 1 heterocycles. The van der Waals surface area contributed by atoms with E-state index in [4.69, 9.17) is 4.74 Å². The van der Waals surface area contributed by atoms with E-state index in [9.17, 15) is 9.59 Å². The predicted octanol–water partition coefficient (Wildman–Crippen LogP) is 3.38. The number of benzene rings is 1. The molecule has 142 valence electrons. The Balaban J connectivity index is 1.63. The molecule has 2 fully saturated rings. The second-order valence-electron chi connectivity index (χ2n) is 7.60. The number of piperidine rings is 1. The zero-order chi connectivity index (χ0) is 18.4. The van der Waals surface area contributed by atoms with Crippen LogP contribution >= 0.6 is 0 Å². The fraction of sp³-hybridized carbons (Fsp3) is 0.619. The molecule has 1 aromatic carbocycles. The van der Waals surface area contributed by atoms with Crippen LogP contribution in [0, 0.1) is 11.8 Å². The largest absolute Gasteiger partial charge is 0.453 e. The Hall–Kier alpha value is -2.04. The van der Waals surface area contributed by atoms with Crippen molar-refractivity contribution in [3.63, 3.8) is 0 Å². The van der Waals surface area contributed by atoms with Crippen LogP contribution in [0.2, 0.25) is 0 Å². The maximum atomic E-state index is 12.9. The topological polar surface area (TPSA) is 58.6 Å². The number of hydrogen-bond acceptors (Lipinski definition) is 3. The molecule has 0 aromatic heterocycles. The molecular weight excluding hydrogens is 328 g/mol. The van der Waals surface area contributed by atoms with Gasteiger partial charge in [-0.3, -0.25) is 4.79 Å². The number of carbonyl (C=O) groups is 2. The molecule has 2 aliphatic rings. The van der Waals surface area contributed by atoms with E-state index in [-0.39, 0.29) is 24.0 Å². The first-order valence-corrected chi connectivity index (χ1v) is 9.84. The number of amides is 2. The maximum absolute atomic E-state index is 12.9. The number of nitrogens with zero attached hydrogens (tertiary/aromatic N) is 1. The van der Waals surface area contributed by atoms with Gasteiger partial charge >= 0.3 is 6.09 Å². The minimum atomic E-state index is -0.334. The van der Waals surface area contributed by atoms with Crippen molar-refractivity contribution in [1.82, 2.24) is 10.2 Å². The number of nitrogens with one attached hydrogen (secondary N) is 1. The van der Waals surface area contributed by atoms with Crippen LogP contribution < -0.4 is 5.32 Å². The Morgan fingerprint density at radius 3 is 2.58 bits per heavy atom. The van der Waals surface area contributed by atoms with Crippen LogP contribution in [0.3, 0.4) is 0 Å². The zero-order valence-electron chi connectivity index (χ0n) is 15.7. The van der Waals surface area contributed by atoms with Crippen LogP contribution in [0.5, 0.6) is 0 Å². The number of likely N-dealkylation sites (tertiary alicyclic amines) is 1. The molecule has 0 bridgehead atoms. The highest BCUT2D eigenvalue weighted by atomic mass is 16.5. The smallest absolute Gasteiger partial charge is 0.409 e. The van der Waals surface area contributed by atoms with Crippen LogP contribution in [0.4, 0.5) is 4.79 Å². The van der Waals surface area contributed by atoms with Gasteiger partial charge < -0.3 is 15.0 Å². The lowest BCUT2D eigenvalue weighted by molar-refractivity contribution is -0.127. The van der Waals surface area contributed by atoms with Crippen molar-refractivity contribution < 1.29 is 14.3 Å². The summed E-state index contributed by atoms with van der Waals surface area (Å²) in [5, 5.41) is 3.34. The Labute approximate surface area is 156 Å². The van der Waals surface area contributed by atoms with Gasteiger partial charge in [0.2, 0.25) is 5.91 Å². The van der Waals surface area contributed by atoms with Crippen molar-refractivity contribution in [2.24, 2.45) is 11.8 Å². The molecule has 3 rings (SSSR count). The van der Waals surface area contributed by atoms with E-state index in [2.05, 4.69) is 29.6 Å². The van der Waals surface area contributed by atoms with E-state index in [0.29, 0.717) is 19.0 Å². The lowest BCUT2D eigenvalue weighted by Crippen LogP contribution is -2.49. The number of methoxy groups -OCH3 is 1. The number of carbonyl (C=O) groups excluding carboxylic acids is 2. The molecule has 26 heavy (non-hydrogen) atoms. The van der Waals surface area contributed by atoms with E-state index in [1.54, 1.807) is 4.90 Å². The Morgan fingerprint density at radius 1 is 1.15 bits per heavy atom. The first kappa shape index (κ1) is 18.7. The van der Waals surface area contributed by atoms with E-state index < -0.39 is 0 Å². The van der Waals surface area contributed by atoms with E-state index in [0.717, 1.165) is 19.3 Å². The molecule has 1 N–H and O–H groups in total. The summed E-state index contributed by atoms with van der Waals surface area (Å²) in [6, 6.07) is 10.6. The van der Waals surface area contributed by atoms with Gasteiger partial charge in [-0.15, -0.1) is 0 Å². The standard InChI is InChI=1S/C21H30N2O3/c1-26-21(25)23-13-7-12-18(15-23)20(24)22-19(17-10-5-6-11-17)14-16-8-3-2-4-9-16/h2-4,8-9,17-19H,5-7,10-15H2,1H3,(H,22,24). The average molecular weight is 358 g/mol. The van der Waals surface area contributed by atoms with Gasteiger partial charge in [-0.2, -0.15) is 0 Å². The SMILES string of the molecule is COC(=O)N1CCCC(C(=O)NC(Cc2ccccc2)C2CCCC2)C1. The lowest BCUT2D eigenvalue weighted by Gasteiger charge is -2.33. The fourth-order valence-corrected chi connectivity index (χ4v) is 4.35. The molecule has 5 nitrogen and oxygen atoms in total. The molecule has 1 aromatic rings. The molecule has 1 saturated carbocycles. The monoisotopic (exact) mass is 358 g/mol. The average Bonchev–Trinajstić information content (AvgIpc) is 3.22. The second-order valence-corrected chi connectivity index (χ2v) is 7.60. The molecule has 0 spiro atoms. The van der Waals surface area contributed by atoms with Crippen molar-refractivity contribution in [3.8, 4) is 0 Å². The molecule has 0 radical (unpaired) electrons. The third-order valence-electron chi connectivity index (χ3n) is 5.82. The Kier molecular flexibility index (Phi) is 6.53. The molecule has 5 heteroatoms. The van der Waals surface area contributed by atoms with Crippen LogP contribution in [-0.2, 0) is 16.0 Å². The van der Waals surface area contributed by atoms with Crippen molar-refractivity contribution in [3.05, 3.63) is 35.9 Å². The molecule has 2 amide bonds. The van der Waals surface area contributed by atoms with Gasteiger partial charge in [-0.05, 0) is 43.6 Å². The fourth-order valence-electron chi connectivity index (χ4n) is 4.35. The van der Waals surface area contributed by atoms with Gasteiger partial charge in [0.25, 0.3) is 0 Å². The minimum absolute atomic E-state index is 0.0893. The summed E-state index contributed by atoms with van der Waals surface area (Å²) in [5.74, 6) is 0.508. The highest BCUT2D eigenvalue weighted by Gasteiger charge is 2.32. The van der Waals surface area contributed by atoms with Gasteiger partial charge in [0, 0.05) is 19.1 Å². The Bertz CT molecular complexity index is 599. The van der Waals surface area contributed by atoms with Crippen LogP contribution in [0.1, 0.15) is 44.1 Å². The quantitative estimate of drug-likeness (QED) is 0.878. The molecule has 1 aliphatic heterocycles. The molecule has 1 aliphatic carbocycles. The normalized spacial score (nSPS) is 22.0. The first-order chi connectivity index (χ1) is 12.7. The van der Waals surface area contributed by atoms with Gasteiger partial charge in [-0.25, -0.2) is 4.79 Å². The first-order valence-electron chi connectivity index (χ1n) is 9.84. The highest BCUT2D eigenvalue weighted by Crippen LogP contribution is 2.30. The summed E-state index contributed by atoms with van der Waals surface area (Å²) in [6.45, 7) is 1.13. The Morgan fingerprint density at radius 2 is 1.88 bits per heavy atom. The van der Waals surface area contributed by atoms with Gasteiger partial charge in [0.05, 0.1) is 13.0 Å². The third-order valence-corrected chi connectivity index (χ3v) is 5.82. The van der Waals surface area contributed by atoms with Gasteiger partial charge in [0.15, 0.2) is 0 Å². The zero-order valence-corrected chi connectivity index (χ0v) is 15.7. The highest BCUT2D eigenvalue weighted by molar-refractivity contribution is 5.80. The summed E-state index contributed by atoms with van der Waals surface area (Å²) < 4.78 is 4.81. The summed E-state index contributed by atoms with van der Waals surface area (Å²) in [7, 11) is 1.39. The number of rotatable bonds is 5. The van der Waals surface area contributed by atoms with E-state index >= 15 is 0 Å². The van der Waals surface area contributed by atoms with E-state index in [1.807, 2.05) is 6.07 Å². The predicted molar refractivity (Wildman–Crippen MR) is 101 cm³/mol. The molecule has 2 unspecified atom stereocenters. The van der Waals surface area contributed by atoms with Crippen molar-refractivity contribution in [2.75, 3.05) is 20.2 Å². The van der Waals surface area contributed by atoms with Gasteiger partial charge in [0.1, 0.15) is 0 Å². The number of ether oxygens (including phenoxy) is 1. The second kappa shape index (κ2) is 9.06. The summed E-state index contributed by atoms with van der Waals surface area (Å²) >= 11 is 0. The van der Waals surface area contributed by atoms with Gasteiger partial charge in [-0.1, -0.05) is 43.2 Å². The van der Waals surface area contributed by atoms with Crippen molar-refractivity contribution >= 4 is 12.0 Å². The van der Waals surface area contributed by atoms with Crippen LogP contribution in [0.25, 0.3) is 0 Å². The maximum Gasteiger partial charge on any atom is 0.409 e. The van der Waals surface area contributed by atoms with Crippen LogP contribution in [-0.4, -0.2) is 43.1 Å².